The van der Waals surface area contributed by atoms with Crippen molar-refractivity contribution < 1.29 is 13.9 Å². The number of furan rings is 1. The van der Waals surface area contributed by atoms with Gasteiger partial charge >= 0.3 is 0 Å². The van der Waals surface area contributed by atoms with Gasteiger partial charge in [0.05, 0.1) is 10.7 Å². The van der Waals surface area contributed by atoms with E-state index in [-0.39, 0.29) is 9.99 Å². The molecular formula is C22H27NO3S2. The predicted octanol–water partition coefficient (Wildman–Crippen LogP) is 5.99. The lowest BCUT2D eigenvalue weighted by atomic mass is 9.94. The van der Waals surface area contributed by atoms with Crippen molar-refractivity contribution in [3.63, 3.8) is 0 Å². The fourth-order valence-electron chi connectivity index (χ4n) is 3.97. The average molecular weight is 418 g/mol. The van der Waals surface area contributed by atoms with E-state index in [2.05, 4.69) is 12.2 Å². The Morgan fingerprint density at radius 3 is 2.71 bits per heavy atom. The van der Waals surface area contributed by atoms with Crippen molar-refractivity contribution in [2.75, 3.05) is 23.4 Å². The molecule has 4 nitrogen and oxygen atoms in total. The first-order valence-corrected chi connectivity index (χ1v) is 12.0. The van der Waals surface area contributed by atoms with Crippen molar-refractivity contribution in [2.45, 2.75) is 50.0 Å². The molecule has 1 aromatic carbocycles. The van der Waals surface area contributed by atoms with E-state index in [1.54, 1.807) is 0 Å². The molecule has 1 aliphatic carbocycles. The molecule has 4 rings (SSSR count). The minimum absolute atomic E-state index is 0.0944. The van der Waals surface area contributed by atoms with Gasteiger partial charge in [0.15, 0.2) is 5.76 Å². The van der Waals surface area contributed by atoms with E-state index in [1.165, 1.54) is 17.1 Å². The molecule has 2 aromatic rings. The number of hydrogen-bond acceptors (Lipinski definition) is 5. The standard InChI is InChI=1S/C22H27NO3S2/c1-3-4-12-25-17-9-7-16(8-10-17)23-21(24)20-15(2)19-18(26-20)6-5-11-22(19)27-13-14-28-22/h7-10H,3-6,11-14H2,1-2H3,(H,23,24). The molecule has 28 heavy (non-hydrogen) atoms. The van der Waals surface area contributed by atoms with Crippen LogP contribution in [0.5, 0.6) is 5.75 Å². The molecule has 0 atom stereocenters. The first kappa shape index (κ1) is 19.8. The summed E-state index contributed by atoms with van der Waals surface area (Å²) in [6.45, 7) is 4.90. The highest BCUT2D eigenvalue weighted by atomic mass is 32.2. The number of anilines is 1. The number of thioether (sulfide) groups is 2. The molecule has 1 aromatic heterocycles. The summed E-state index contributed by atoms with van der Waals surface area (Å²) in [5, 5.41) is 2.98. The number of unbranched alkanes of at least 4 members (excludes halogenated alkanes) is 1. The Morgan fingerprint density at radius 2 is 2.00 bits per heavy atom. The van der Waals surface area contributed by atoms with Crippen molar-refractivity contribution >= 4 is 35.1 Å². The number of fused-ring (bicyclic) bond motifs is 2. The molecule has 0 unspecified atom stereocenters. The lowest BCUT2D eigenvalue weighted by Crippen LogP contribution is -2.21. The van der Waals surface area contributed by atoms with E-state index in [9.17, 15) is 4.79 Å². The van der Waals surface area contributed by atoms with Gasteiger partial charge in [0.2, 0.25) is 0 Å². The number of rotatable bonds is 6. The van der Waals surface area contributed by atoms with Gasteiger partial charge in [-0.05, 0) is 50.5 Å². The van der Waals surface area contributed by atoms with Crippen LogP contribution in [0, 0.1) is 6.92 Å². The highest BCUT2D eigenvalue weighted by Crippen LogP contribution is 2.59. The third-order valence-electron chi connectivity index (χ3n) is 5.35. The Bertz CT molecular complexity index is 838. The third-order valence-corrected chi connectivity index (χ3v) is 8.88. The van der Waals surface area contributed by atoms with Crippen LogP contribution in [0.15, 0.2) is 28.7 Å². The Kier molecular flexibility index (Phi) is 5.97. The minimum Gasteiger partial charge on any atom is -0.494 e. The Labute approximate surface area is 175 Å². The second-order valence-corrected chi connectivity index (χ2v) is 10.4. The Morgan fingerprint density at radius 1 is 1.25 bits per heavy atom. The quantitative estimate of drug-likeness (QED) is 0.585. The van der Waals surface area contributed by atoms with E-state index >= 15 is 0 Å². The molecule has 2 aliphatic rings. The van der Waals surface area contributed by atoms with Crippen molar-refractivity contribution in [1.82, 2.24) is 0 Å². The maximum atomic E-state index is 12.9. The zero-order chi connectivity index (χ0) is 19.6. The second kappa shape index (κ2) is 8.46. The molecule has 1 amide bonds. The minimum atomic E-state index is -0.172. The van der Waals surface area contributed by atoms with Gasteiger partial charge in [0.1, 0.15) is 11.5 Å². The molecule has 0 saturated carbocycles. The van der Waals surface area contributed by atoms with Crippen molar-refractivity contribution in [1.29, 1.82) is 0 Å². The Balaban J connectivity index is 1.49. The van der Waals surface area contributed by atoms with E-state index in [4.69, 9.17) is 9.15 Å². The van der Waals surface area contributed by atoms with Gasteiger partial charge in [-0.3, -0.25) is 4.79 Å². The highest BCUT2D eigenvalue weighted by molar-refractivity contribution is 8.20. The summed E-state index contributed by atoms with van der Waals surface area (Å²) in [6, 6.07) is 7.54. The molecular weight excluding hydrogens is 390 g/mol. The van der Waals surface area contributed by atoms with Crippen LogP contribution in [-0.2, 0) is 10.5 Å². The molecule has 1 saturated heterocycles. The zero-order valence-electron chi connectivity index (χ0n) is 16.5. The van der Waals surface area contributed by atoms with Crippen LogP contribution in [0.3, 0.4) is 0 Å². The normalized spacial score (nSPS) is 17.5. The van der Waals surface area contributed by atoms with Crippen LogP contribution in [-0.4, -0.2) is 24.0 Å². The van der Waals surface area contributed by atoms with Crippen LogP contribution in [0.2, 0.25) is 0 Å². The number of aryl methyl sites for hydroxylation is 1. The van der Waals surface area contributed by atoms with Crippen LogP contribution in [0.1, 0.15) is 60.0 Å². The highest BCUT2D eigenvalue weighted by Gasteiger charge is 2.45. The molecule has 6 heteroatoms. The zero-order valence-corrected chi connectivity index (χ0v) is 18.1. The van der Waals surface area contributed by atoms with E-state index in [0.717, 1.165) is 61.5 Å². The fourth-order valence-corrected chi connectivity index (χ4v) is 7.53. The summed E-state index contributed by atoms with van der Waals surface area (Å²) >= 11 is 4.04. The molecule has 1 fully saturated rings. The van der Waals surface area contributed by atoms with E-state index in [0.29, 0.717) is 5.76 Å². The van der Waals surface area contributed by atoms with Gasteiger partial charge < -0.3 is 14.5 Å². The molecule has 0 bridgehead atoms. The smallest absolute Gasteiger partial charge is 0.291 e. The molecule has 150 valence electrons. The summed E-state index contributed by atoms with van der Waals surface area (Å²) in [7, 11) is 0. The van der Waals surface area contributed by atoms with Gasteiger partial charge in [-0.25, -0.2) is 0 Å². The number of ether oxygens (including phenoxy) is 1. The lowest BCUT2D eigenvalue weighted by Gasteiger charge is -2.31. The number of hydrogen-bond donors (Lipinski definition) is 1. The second-order valence-electron chi connectivity index (χ2n) is 7.34. The van der Waals surface area contributed by atoms with E-state index < -0.39 is 0 Å². The fraction of sp³-hybridized carbons (Fsp3) is 0.500. The summed E-state index contributed by atoms with van der Waals surface area (Å²) in [5.41, 5.74) is 3.03. The van der Waals surface area contributed by atoms with Gasteiger partial charge in [0, 0.05) is 34.7 Å². The molecule has 1 N–H and O–H groups in total. The van der Waals surface area contributed by atoms with E-state index in [1.807, 2.05) is 54.7 Å². The number of nitrogens with one attached hydrogen (secondary N) is 1. The van der Waals surface area contributed by atoms with Crippen molar-refractivity contribution in [3.05, 3.63) is 46.9 Å². The lowest BCUT2D eigenvalue weighted by molar-refractivity contribution is 0.0994. The average Bonchev–Trinajstić information content (AvgIpc) is 3.29. The van der Waals surface area contributed by atoms with Gasteiger partial charge in [-0.2, -0.15) is 0 Å². The van der Waals surface area contributed by atoms with Crippen LogP contribution in [0.25, 0.3) is 0 Å². The van der Waals surface area contributed by atoms with Gasteiger partial charge in [-0.15, -0.1) is 23.5 Å². The summed E-state index contributed by atoms with van der Waals surface area (Å²) in [6.07, 6.45) is 5.37. The largest absolute Gasteiger partial charge is 0.494 e. The monoisotopic (exact) mass is 417 g/mol. The van der Waals surface area contributed by atoms with Crippen LogP contribution >= 0.6 is 23.5 Å². The first-order chi connectivity index (χ1) is 13.6. The molecule has 2 heterocycles. The van der Waals surface area contributed by atoms with Gasteiger partial charge in [-0.1, -0.05) is 13.3 Å². The molecule has 1 spiro atoms. The molecule has 0 radical (unpaired) electrons. The summed E-state index contributed by atoms with van der Waals surface area (Å²) in [4.78, 5) is 12.9. The third kappa shape index (κ3) is 3.81. The van der Waals surface area contributed by atoms with Gasteiger partial charge in [0.25, 0.3) is 5.91 Å². The Hall–Kier alpha value is -1.53. The number of carbonyl (C=O) groups excluding carboxylic acids is 1. The van der Waals surface area contributed by atoms with Crippen LogP contribution in [0.4, 0.5) is 5.69 Å². The van der Waals surface area contributed by atoms with Crippen LogP contribution < -0.4 is 10.1 Å². The number of carbonyl (C=O) groups is 1. The number of benzene rings is 1. The summed E-state index contributed by atoms with van der Waals surface area (Å²) < 4.78 is 11.9. The predicted molar refractivity (Wildman–Crippen MR) is 118 cm³/mol. The maximum Gasteiger partial charge on any atom is 0.291 e. The van der Waals surface area contributed by atoms with Crippen molar-refractivity contribution in [2.24, 2.45) is 0 Å². The first-order valence-electron chi connectivity index (χ1n) is 10.1. The molecule has 1 aliphatic heterocycles. The summed E-state index contributed by atoms with van der Waals surface area (Å²) in [5.74, 6) is 4.47. The van der Waals surface area contributed by atoms with Crippen molar-refractivity contribution in [3.8, 4) is 5.75 Å². The maximum absolute atomic E-state index is 12.9. The topological polar surface area (TPSA) is 51.5 Å². The SMILES string of the molecule is CCCCOc1ccc(NC(=O)c2oc3c(c2C)C2(CCC3)SCCS2)cc1. The number of amides is 1.